The molecule has 5 aliphatic rings. The summed E-state index contributed by atoms with van der Waals surface area (Å²) in [5, 5.41) is 33.9. The number of allylic oxidation sites excluding steroid dienone is 10. The minimum atomic E-state index is -0.520. The predicted molar refractivity (Wildman–Crippen MR) is 218 cm³/mol. The Morgan fingerprint density at radius 1 is 0.930 bits per heavy atom. The zero-order valence-corrected chi connectivity index (χ0v) is 35.9. The van der Waals surface area contributed by atoms with Crippen molar-refractivity contribution in [2.45, 2.75) is 92.9 Å². The van der Waals surface area contributed by atoms with E-state index < -0.39 is 11.9 Å². The van der Waals surface area contributed by atoms with Crippen molar-refractivity contribution in [1.82, 2.24) is 10.6 Å². The Morgan fingerprint density at radius 3 is 2.30 bits per heavy atom. The molecule has 0 aliphatic carbocycles. The van der Waals surface area contributed by atoms with Crippen molar-refractivity contribution < 1.29 is 45.0 Å². The Morgan fingerprint density at radius 2 is 1.63 bits per heavy atom. The summed E-state index contributed by atoms with van der Waals surface area (Å²) in [5.41, 5.74) is 19.3. The number of esters is 1. The standard InChI is InChI=1S/C43H60N8O5.Pd/c1-8-28-23(2)31-22-36-39(27(6)52)25(4)33(49-36)20-32-24(3)29(13-14-37(53)46-17-11-9-15-44)41(50-32)30(19-38(54)56-7)42-40(43(55)47-18-12-10-16-45)26(5)34(51-42)21-35(28)48-31;/h20-24,28-29,48,52H,8-19,44-45H2,1-7H3,(H,46,53)(H,47,55);/q;+2/p-2/b31-22?,32-20?,35-21?,39-27+,42-30?;/t23-,24+,28-,29+;/m1./s1. The normalized spacial score (nSPS) is 24.0. The molecule has 5 heterocycles. The number of aliphatic imine (C=N–C) groups is 4. The molecule has 1 amide bonds. The summed E-state index contributed by atoms with van der Waals surface area (Å²) in [6.45, 7) is 13.5. The third-order valence-corrected chi connectivity index (χ3v) is 11.5. The molecular weight excluding hydrogens is 815 g/mol. The number of fused-ring (bicyclic) bond motifs is 5. The number of unbranched alkanes of at least 4 members (excludes halogenated alkanes) is 2. The van der Waals surface area contributed by atoms with Gasteiger partial charge in [-0.05, 0) is 106 Å². The van der Waals surface area contributed by atoms with Gasteiger partial charge in [0.05, 0.1) is 42.1 Å². The van der Waals surface area contributed by atoms with Crippen LogP contribution in [-0.4, -0.2) is 68.2 Å². The van der Waals surface area contributed by atoms with E-state index in [1.165, 1.54) is 7.11 Å². The number of carbonyl (C=O) groups is 2. The molecule has 310 valence electrons. The summed E-state index contributed by atoms with van der Waals surface area (Å²) in [6, 6.07) is 0. The van der Waals surface area contributed by atoms with E-state index >= 15 is 0 Å². The summed E-state index contributed by atoms with van der Waals surface area (Å²) >= 11 is 0. The van der Waals surface area contributed by atoms with Crippen LogP contribution in [0.5, 0.6) is 0 Å². The van der Waals surface area contributed by atoms with Crippen molar-refractivity contribution in [2.75, 3.05) is 33.3 Å². The molecule has 5 aliphatic heterocycles. The van der Waals surface area contributed by atoms with Crippen molar-refractivity contribution >= 4 is 34.9 Å². The van der Waals surface area contributed by atoms with Crippen molar-refractivity contribution in [3.05, 3.63) is 80.3 Å². The molecule has 8 bridgehead atoms. The Balaban J connectivity index is 0.00000720. The van der Waals surface area contributed by atoms with Crippen LogP contribution in [-0.2, 0) is 34.7 Å². The van der Waals surface area contributed by atoms with Gasteiger partial charge in [-0.2, -0.15) is 0 Å². The van der Waals surface area contributed by atoms with Crippen LogP contribution in [0.15, 0.2) is 100 Å². The summed E-state index contributed by atoms with van der Waals surface area (Å²) in [7, 11) is 1.32. The third-order valence-electron chi connectivity index (χ3n) is 11.5. The third kappa shape index (κ3) is 10.1. The summed E-state index contributed by atoms with van der Waals surface area (Å²) in [5.74, 6) is -1.50. The number of rotatable bonds is 15. The zero-order chi connectivity index (χ0) is 40.7. The topological polar surface area (TPSA) is 215 Å². The Bertz CT molecular complexity index is 1960. The number of nitrogens with one attached hydrogen (secondary N) is 2. The van der Waals surface area contributed by atoms with Crippen LogP contribution in [0.2, 0.25) is 0 Å². The second kappa shape index (κ2) is 20.5. The maximum absolute atomic E-state index is 14.2. The summed E-state index contributed by atoms with van der Waals surface area (Å²) < 4.78 is 5.22. The van der Waals surface area contributed by atoms with E-state index in [4.69, 9.17) is 31.2 Å². The van der Waals surface area contributed by atoms with E-state index in [-0.39, 0.29) is 68.6 Å². The van der Waals surface area contributed by atoms with Gasteiger partial charge in [-0.3, -0.25) is 14.6 Å². The number of ether oxygens (including phenoxy) is 1. The van der Waals surface area contributed by atoms with Gasteiger partial charge in [-0.1, -0.05) is 27.7 Å². The molecular formula is C43H58N8O5Pd. The fourth-order valence-electron chi connectivity index (χ4n) is 8.15. The number of carbonyl (C=O) groups excluding carboxylic acids is 2. The van der Waals surface area contributed by atoms with E-state index in [1.54, 1.807) is 6.92 Å². The fraction of sp³-hybridized carbons (Fsp3) is 0.535. The second-order valence-corrected chi connectivity index (χ2v) is 15.2. The number of hydrogen-bond donors (Lipinski definition) is 4. The van der Waals surface area contributed by atoms with E-state index in [0.29, 0.717) is 95.5 Å². The van der Waals surface area contributed by atoms with Gasteiger partial charge in [-0.25, -0.2) is 9.98 Å². The van der Waals surface area contributed by atoms with Crippen molar-refractivity contribution in [1.29, 1.82) is 0 Å². The second-order valence-electron chi connectivity index (χ2n) is 15.2. The molecule has 0 spiro atoms. The molecule has 6 N–H and O–H groups in total. The first kappa shape index (κ1) is 45.5. The number of nitrogens with zero attached hydrogens (tertiary/aromatic N) is 4. The van der Waals surface area contributed by atoms with Crippen molar-refractivity contribution in [2.24, 2.45) is 55.1 Å². The molecule has 0 aromatic heterocycles. The van der Waals surface area contributed by atoms with Crippen LogP contribution in [0.4, 0.5) is 0 Å². The molecule has 14 heteroatoms. The molecule has 1 saturated heterocycles. The first-order chi connectivity index (χ1) is 26.8. The van der Waals surface area contributed by atoms with E-state index in [0.717, 1.165) is 42.7 Å². The molecule has 4 atom stereocenters. The van der Waals surface area contributed by atoms with E-state index in [1.807, 2.05) is 39.0 Å². The number of methoxy groups -OCH3 is 1. The largest absolute Gasteiger partial charge is 2.00 e. The van der Waals surface area contributed by atoms with Gasteiger partial charge < -0.3 is 42.0 Å². The molecule has 1 fully saturated rings. The minimum absolute atomic E-state index is 0. The van der Waals surface area contributed by atoms with Gasteiger partial charge in [-0.15, -0.1) is 5.76 Å². The predicted octanol–water partition coefficient (Wildman–Crippen LogP) is 3.71. The molecule has 0 saturated carbocycles. The summed E-state index contributed by atoms with van der Waals surface area (Å²) in [6.07, 6.45) is 10.1. The number of hydrogen-bond acceptors (Lipinski definition) is 12. The van der Waals surface area contributed by atoms with E-state index in [2.05, 4.69) is 29.5 Å². The van der Waals surface area contributed by atoms with Crippen LogP contribution >= 0.6 is 0 Å². The fourth-order valence-corrected chi connectivity index (χ4v) is 8.15. The van der Waals surface area contributed by atoms with Gasteiger partial charge in [0.1, 0.15) is 0 Å². The molecule has 5 rings (SSSR count). The smallest absolute Gasteiger partial charge is 0.875 e. The molecule has 57 heavy (non-hydrogen) atoms. The average Bonchev–Trinajstić information content (AvgIpc) is 3.86. The maximum atomic E-state index is 14.2. The quantitative estimate of drug-likeness (QED) is 0.0474. The number of amides is 1. The van der Waals surface area contributed by atoms with Crippen molar-refractivity contribution in [3.63, 3.8) is 0 Å². The van der Waals surface area contributed by atoms with Crippen LogP contribution < -0.4 is 32.3 Å². The monoisotopic (exact) mass is 872 g/mol. The Hall–Kier alpha value is -4.22. The van der Waals surface area contributed by atoms with Gasteiger partial charge >= 0.3 is 26.4 Å². The summed E-state index contributed by atoms with van der Waals surface area (Å²) in [4.78, 5) is 46.3. The molecule has 0 unspecified atom stereocenters. The average molecular weight is 873 g/mol. The zero-order valence-electron chi connectivity index (χ0n) is 34.3. The van der Waals surface area contributed by atoms with Crippen LogP contribution in [0, 0.1) is 23.7 Å². The molecule has 0 aromatic carbocycles. The van der Waals surface area contributed by atoms with Crippen LogP contribution in [0.25, 0.3) is 0 Å². The van der Waals surface area contributed by atoms with Crippen LogP contribution in [0.3, 0.4) is 0 Å². The molecule has 13 nitrogen and oxygen atoms in total. The van der Waals surface area contributed by atoms with E-state index in [9.17, 15) is 19.8 Å². The molecule has 0 aromatic rings. The first-order valence-corrected chi connectivity index (χ1v) is 20.0. The minimum Gasteiger partial charge on any atom is -0.875 e. The maximum Gasteiger partial charge on any atom is 2.00 e. The Kier molecular flexibility index (Phi) is 16.3. The van der Waals surface area contributed by atoms with Crippen LogP contribution in [0.1, 0.15) is 92.9 Å². The van der Waals surface area contributed by atoms with Gasteiger partial charge in [0, 0.05) is 71.4 Å². The van der Waals surface area contributed by atoms with Crippen molar-refractivity contribution in [3.8, 4) is 0 Å². The van der Waals surface area contributed by atoms with Gasteiger partial charge in [0.15, 0.2) is 0 Å². The SMILES string of the molecule is CC[C@H]1C2=CC3=NC(=C(CC(=O)OC)C4=NC(=CC5=C(C)/C(=C(/C)[O-])C(=N5)C=C(N2)[C@@H]1C)[C@@H](C)[C@@H]4CCC(=O)NCCCCN)C(C([O-])=NCCCCN)=C3C.[Pd+2]. The Labute approximate surface area is 350 Å². The molecule has 0 radical (unpaired) electrons. The van der Waals surface area contributed by atoms with Gasteiger partial charge in [0.2, 0.25) is 5.91 Å². The number of nitrogens with two attached hydrogens (primary N) is 2. The van der Waals surface area contributed by atoms with Gasteiger partial charge in [0.25, 0.3) is 0 Å². The first-order valence-electron chi connectivity index (χ1n) is 20.0.